The molecule has 0 aliphatic rings. The normalized spacial score (nSPS) is 11.1. The molecule has 0 saturated carbocycles. The van der Waals surface area contributed by atoms with E-state index >= 15 is 0 Å². The third-order valence-electron chi connectivity index (χ3n) is 0.980. The van der Waals surface area contributed by atoms with Gasteiger partial charge in [0.05, 0.1) is 0 Å². The molecule has 0 saturated heterocycles. The van der Waals surface area contributed by atoms with Crippen LogP contribution < -0.4 is 0 Å². The van der Waals surface area contributed by atoms with E-state index in [1.807, 2.05) is 19.9 Å². The maximum absolute atomic E-state index is 9.79. The Kier molecular flexibility index (Phi) is 4.88. The highest BCUT2D eigenvalue weighted by molar-refractivity contribution is 5.39. The van der Waals surface area contributed by atoms with E-state index in [1.165, 1.54) is 0 Å². The van der Waals surface area contributed by atoms with E-state index in [2.05, 4.69) is 4.74 Å². The fourth-order valence-electron chi connectivity index (χ4n) is 0.565. The molecule has 9 heavy (non-hydrogen) atoms. The van der Waals surface area contributed by atoms with Gasteiger partial charge < -0.3 is 4.74 Å². The summed E-state index contributed by atoms with van der Waals surface area (Å²) in [5.41, 5.74) is 0. The van der Waals surface area contributed by atoms with Crippen LogP contribution >= 0.6 is 0 Å². The lowest BCUT2D eigenvalue weighted by atomic mass is 10.3. The van der Waals surface area contributed by atoms with Gasteiger partial charge in [-0.25, -0.2) is 0 Å². The number of hydrogen-bond acceptors (Lipinski definition) is 2. The van der Waals surface area contributed by atoms with E-state index in [9.17, 15) is 4.79 Å². The fraction of sp³-hybridized carbons (Fsp3) is 0.571. The van der Waals surface area contributed by atoms with Crippen molar-refractivity contribution in [1.82, 2.24) is 0 Å². The molecular weight excluding hydrogens is 116 g/mol. The number of carbonyl (C=O) groups excluding carboxylic acids is 1. The first kappa shape index (κ1) is 8.21. The third kappa shape index (κ3) is 3.76. The molecular formula is C7H12O2. The van der Waals surface area contributed by atoms with Gasteiger partial charge in [-0.1, -0.05) is 13.8 Å². The van der Waals surface area contributed by atoms with Gasteiger partial charge in [0.2, 0.25) is 0 Å². The van der Waals surface area contributed by atoms with E-state index < -0.39 is 0 Å². The number of hydrogen-bond donors (Lipinski definition) is 0. The van der Waals surface area contributed by atoms with Crippen LogP contribution in [0.3, 0.4) is 0 Å². The minimum atomic E-state index is 0.463. The van der Waals surface area contributed by atoms with Crippen molar-refractivity contribution in [2.24, 2.45) is 0 Å². The second kappa shape index (κ2) is 5.35. The zero-order chi connectivity index (χ0) is 7.11. The van der Waals surface area contributed by atoms with Crippen LogP contribution in [-0.4, -0.2) is 6.47 Å². The molecule has 0 spiro atoms. The SMILES string of the molecule is CCC=C(CC)OC=O. The minimum Gasteiger partial charge on any atom is -0.434 e. The molecule has 0 heterocycles. The highest BCUT2D eigenvalue weighted by Gasteiger charge is 1.89. The highest BCUT2D eigenvalue weighted by atomic mass is 16.5. The molecule has 0 aromatic heterocycles. The summed E-state index contributed by atoms with van der Waals surface area (Å²) >= 11 is 0. The van der Waals surface area contributed by atoms with Crippen LogP contribution in [0.2, 0.25) is 0 Å². The summed E-state index contributed by atoms with van der Waals surface area (Å²) in [7, 11) is 0. The van der Waals surface area contributed by atoms with Gasteiger partial charge in [0.1, 0.15) is 5.76 Å². The largest absolute Gasteiger partial charge is 0.434 e. The van der Waals surface area contributed by atoms with E-state index in [4.69, 9.17) is 0 Å². The van der Waals surface area contributed by atoms with Crippen molar-refractivity contribution in [1.29, 1.82) is 0 Å². The van der Waals surface area contributed by atoms with E-state index in [-0.39, 0.29) is 0 Å². The summed E-state index contributed by atoms with van der Waals surface area (Å²) in [6, 6.07) is 0. The number of allylic oxidation sites excluding steroid dienone is 2. The zero-order valence-electron chi connectivity index (χ0n) is 5.89. The van der Waals surface area contributed by atoms with Crippen molar-refractivity contribution in [2.45, 2.75) is 26.7 Å². The Hall–Kier alpha value is -0.790. The van der Waals surface area contributed by atoms with Crippen molar-refractivity contribution in [3.63, 3.8) is 0 Å². The molecule has 0 radical (unpaired) electrons. The Labute approximate surface area is 55.5 Å². The molecule has 0 fully saturated rings. The van der Waals surface area contributed by atoms with Crippen LogP contribution in [0.25, 0.3) is 0 Å². The van der Waals surface area contributed by atoms with Gasteiger partial charge in [-0.3, -0.25) is 4.79 Å². The van der Waals surface area contributed by atoms with Gasteiger partial charge >= 0.3 is 0 Å². The average molecular weight is 128 g/mol. The molecule has 2 nitrogen and oxygen atoms in total. The fourth-order valence-corrected chi connectivity index (χ4v) is 0.565. The van der Waals surface area contributed by atoms with Gasteiger partial charge in [-0.05, 0) is 12.5 Å². The monoisotopic (exact) mass is 128 g/mol. The van der Waals surface area contributed by atoms with Crippen molar-refractivity contribution < 1.29 is 9.53 Å². The van der Waals surface area contributed by atoms with Gasteiger partial charge in [-0.2, -0.15) is 0 Å². The predicted molar refractivity (Wildman–Crippen MR) is 35.8 cm³/mol. The Morgan fingerprint density at radius 2 is 2.22 bits per heavy atom. The number of carbonyl (C=O) groups is 1. The van der Waals surface area contributed by atoms with Crippen LogP contribution in [0.1, 0.15) is 26.7 Å². The van der Waals surface area contributed by atoms with Crippen LogP contribution in [0.5, 0.6) is 0 Å². The van der Waals surface area contributed by atoms with Crippen molar-refractivity contribution in [3.8, 4) is 0 Å². The third-order valence-corrected chi connectivity index (χ3v) is 0.980. The molecule has 0 atom stereocenters. The molecule has 0 unspecified atom stereocenters. The summed E-state index contributed by atoms with van der Waals surface area (Å²) in [5.74, 6) is 0.757. The molecule has 52 valence electrons. The lowest BCUT2D eigenvalue weighted by Crippen LogP contribution is -1.86. The van der Waals surface area contributed by atoms with Crippen LogP contribution in [0.15, 0.2) is 11.8 Å². The molecule has 0 N–H and O–H groups in total. The summed E-state index contributed by atoms with van der Waals surface area (Å²) in [5, 5.41) is 0. The zero-order valence-corrected chi connectivity index (χ0v) is 5.89. The van der Waals surface area contributed by atoms with E-state index in [0.717, 1.165) is 18.6 Å². The predicted octanol–water partition coefficient (Wildman–Crippen LogP) is 1.86. The first-order valence-corrected chi connectivity index (χ1v) is 3.14. The first-order valence-electron chi connectivity index (χ1n) is 3.14. The number of ether oxygens (including phenoxy) is 1. The molecule has 0 amide bonds. The maximum atomic E-state index is 9.79. The van der Waals surface area contributed by atoms with Crippen molar-refractivity contribution in [2.75, 3.05) is 0 Å². The average Bonchev–Trinajstić information content (AvgIpc) is 1.88. The molecule has 0 bridgehead atoms. The highest BCUT2D eigenvalue weighted by Crippen LogP contribution is 2.01. The van der Waals surface area contributed by atoms with Gasteiger partial charge in [0.15, 0.2) is 0 Å². The second-order valence-electron chi connectivity index (χ2n) is 1.65. The molecule has 0 aromatic rings. The van der Waals surface area contributed by atoms with Gasteiger partial charge in [-0.15, -0.1) is 0 Å². The van der Waals surface area contributed by atoms with E-state index in [0.29, 0.717) is 6.47 Å². The summed E-state index contributed by atoms with van der Waals surface area (Å²) in [4.78, 5) is 9.79. The summed E-state index contributed by atoms with van der Waals surface area (Å²) in [6.07, 6.45) is 3.60. The van der Waals surface area contributed by atoms with Crippen LogP contribution in [0, 0.1) is 0 Å². The Morgan fingerprint density at radius 1 is 1.56 bits per heavy atom. The summed E-state index contributed by atoms with van der Waals surface area (Å²) in [6.45, 7) is 4.42. The summed E-state index contributed by atoms with van der Waals surface area (Å²) < 4.78 is 4.61. The lowest BCUT2D eigenvalue weighted by molar-refractivity contribution is -0.125. The smallest absolute Gasteiger partial charge is 0.298 e. The van der Waals surface area contributed by atoms with Crippen molar-refractivity contribution >= 4 is 6.47 Å². The van der Waals surface area contributed by atoms with Gasteiger partial charge in [0, 0.05) is 6.42 Å². The first-order chi connectivity index (χ1) is 4.35. The minimum absolute atomic E-state index is 0.463. The Bertz CT molecular complexity index is 105. The molecule has 0 aliphatic heterocycles. The van der Waals surface area contributed by atoms with Gasteiger partial charge in [0.25, 0.3) is 6.47 Å². The lowest BCUT2D eigenvalue weighted by Gasteiger charge is -1.97. The topological polar surface area (TPSA) is 26.3 Å². The Balaban J connectivity index is 3.65. The molecule has 0 rings (SSSR count). The molecule has 0 aliphatic carbocycles. The quantitative estimate of drug-likeness (QED) is 0.426. The second-order valence-corrected chi connectivity index (χ2v) is 1.65. The van der Waals surface area contributed by atoms with Crippen molar-refractivity contribution in [3.05, 3.63) is 11.8 Å². The van der Waals surface area contributed by atoms with Crippen LogP contribution in [-0.2, 0) is 9.53 Å². The number of rotatable bonds is 4. The van der Waals surface area contributed by atoms with E-state index in [1.54, 1.807) is 0 Å². The molecule has 0 aromatic carbocycles. The Morgan fingerprint density at radius 3 is 2.56 bits per heavy atom. The molecule has 2 heteroatoms. The standard InChI is InChI=1S/C7H12O2/c1-3-5-7(4-2)9-6-8/h5-6H,3-4H2,1-2H3. The maximum Gasteiger partial charge on any atom is 0.298 e. The van der Waals surface area contributed by atoms with Crippen LogP contribution in [0.4, 0.5) is 0 Å².